The molecule has 59 valence electrons. The SMILES string of the molecule is Cl[CH]CCc1ccc(Cl)cc1. The van der Waals surface area contributed by atoms with E-state index >= 15 is 0 Å². The Morgan fingerprint density at radius 3 is 2.36 bits per heavy atom. The van der Waals surface area contributed by atoms with Crippen LogP contribution in [0.25, 0.3) is 0 Å². The van der Waals surface area contributed by atoms with Crippen molar-refractivity contribution in [3.8, 4) is 0 Å². The van der Waals surface area contributed by atoms with Gasteiger partial charge in [0.1, 0.15) is 0 Å². The summed E-state index contributed by atoms with van der Waals surface area (Å²) in [6.07, 6.45) is 1.89. The van der Waals surface area contributed by atoms with Crippen LogP contribution < -0.4 is 0 Å². The Balaban J connectivity index is 2.52. The van der Waals surface area contributed by atoms with Gasteiger partial charge in [0.15, 0.2) is 0 Å². The molecular formula is C9H9Cl2. The minimum atomic E-state index is 0.781. The molecule has 0 saturated heterocycles. The molecule has 0 saturated carbocycles. The predicted molar refractivity (Wildman–Crippen MR) is 49.9 cm³/mol. The average Bonchev–Trinajstić information content (AvgIpc) is 2.04. The quantitative estimate of drug-likeness (QED) is 0.678. The van der Waals surface area contributed by atoms with E-state index in [1.165, 1.54) is 5.56 Å². The summed E-state index contributed by atoms with van der Waals surface area (Å²) in [5.74, 6) is 1.65. The van der Waals surface area contributed by atoms with Gasteiger partial charge in [-0.25, -0.2) is 0 Å². The number of hydrogen-bond acceptors (Lipinski definition) is 0. The molecule has 0 atom stereocenters. The van der Waals surface area contributed by atoms with Crippen molar-refractivity contribution in [2.24, 2.45) is 0 Å². The van der Waals surface area contributed by atoms with Gasteiger partial charge >= 0.3 is 0 Å². The maximum atomic E-state index is 5.71. The maximum absolute atomic E-state index is 5.71. The molecule has 1 radical (unpaired) electrons. The van der Waals surface area contributed by atoms with Crippen molar-refractivity contribution in [3.05, 3.63) is 40.7 Å². The van der Waals surface area contributed by atoms with E-state index in [1.54, 1.807) is 5.88 Å². The van der Waals surface area contributed by atoms with Gasteiger partial charge < -0.3 is 0 Å². The Bertz CT molecular complexity index is 203. The second-order valence-corrected chi connectivity index (χ2v) is 3.06. The standard InChI is InChI=1S/C9H9Cl2/c10-7-1-2-8-3-5-9(11)6-4-8/h3-7H,1-2H2. The fourth-order valence-corrected chi connectivity index (χ4v) is 1.11. The van der Waals surface area contributed by atoms with Crippen LogP contribution in [0.3, 0.4) is 0 Å². The van der Waals surface area contributed by atoms with E-state index in [-0.39, 0.29) is 0 Å². The predicted octanol–water partition coefficient (Wildman–Crippen LogP) is 3.67. The largest absolute Gasteiger partial charge is 0.121 e. The molecule has 0 aromatic heterocycles. The van der Waals surface area contributed by atoms with Gasteiger partial charge in [-0.3, -0.25) is 0 Å². The third-order valence-corrected chi connectivity index (χ3v) is 1.93. The van der Waals surface area contributed by atoms with E-state index in [0.717, 1.165) is 17.9 Å². The zero-order valence-corrected chi connectivity index (χ0v) is 7.57. The topological polar surface area (TPSA) is 0 Å². The van der Waals surface area contributed by atoms with Gasteiger partial charge in [0, 0.05) is 5.02 Å². The fourth-order valence-electron chi connectivity index (χ4n) is 0.872. The molecule has 1 aromatic carbocycles. The van der Waals surface area contributed by atoms with Crippen LogP contribution in [-0.2, 0) is 6.42 Å². The van der Waals surface area contributed by atoms with Crippen LogP contribution in [0.2, 0.25) is 5.02 Å². The van der Waals surface area contributed by atoms with E-state index < -0.39 is 0 Å². The first-order valence-corrected chi connectivity index (χ1v) is 4.30. The lowest BCUT2D eigenvalue weighted by molar-refractivity contribution is 0.983. The summed E-state index contributed by atoms with van der Waals surface area (Å²) >= 11 is 11.1. The zero-order chi connectivity index (χ0) is 8.10. The van der Waals surface area contributed by atoms with E-state index in [4.69, 9.17) is 23.2 Å². The van der Waals surface area contributed by atoms with Crippen LogP contribution in [0, 0.1) is 5.88 Å². The molecule has 0 aliphatic rings. The van der Waals surface area contributed by atoms with Crippen LogP contribution in [0.1, 0.15) is 12.0 Å². The molecule has 0 bridgehead atoms. The van der Waals surface area contributed by atoms with Crippen molar-refractivity contribution < 1.29 is 0 Å². The van der Waals surface area contributed by atoms with Crippen molar-refractivity contribution >= 4 is 23.2 Å². The Hall–Kier alpha value is -0.200. The molecule has 0 aliphatic heterocycles. The van der Waals surface area contributed by atoms with Crippen molar-refractivity contribution in [1.82, 2.24) is 0 Å². The Kier molecular flexibility index (Phi) is 3.74. The summed E-state index contributed by atoms with van der Waals surface area (Å²) in [4.78, 5) is 0. The molecule has 0 heterocycles. The number of halogens is 2. The zero-order valence-electron chi connectivity index (χ0n) is 6.06. The third kappa shape index (κ3) is 3.13. The second-order valence-electron chi connectivity index (χ2n) is 2.32. The van der Waals surface area contributed by atoms with Gasteiger partial charge in [-0.15, -0.1) is 11.6 Å². The molecule has 0 spiro atoms. The lowest BCUT2D eigenvalue weighted by Crippen LogP contribution is -1.82. The van der Waals surface area contributed by atoms with Gasteiger partial charge in [-0.1, -0.05) is 23.7 Å². The molecule has 11 heavy (non-hydrogen) atoms. The highest BCUT2D eigenvalue weighted by Gasteiger charge is 1.91. The number of aryl methyl sites for hydroxylation is 1. The third-order valence-electron chi connectivity index (χ3n) is 1.46. The van der Waals surface area contributed by atoms with Crippen molar-refractivity contribution in [1.29, 1.82) is 0 Å². The number of hydrogen-bond donors (Lipinski definition) is 0. The van der Waals surface area contributed by atoms with Crippen LogP contribution >= 0.6 is 23.2 Å². The molecule has 0 fully saturated rings. The first-order valence-electron chi connectivity index (χ1n) is 3.49. The molecule has 0 aliphatic carbocycles. The van der Waals surface area contributed by atoms with Gasteiger partial charge in [0.2, 0.25) is 0 Å². The monoisotopic (exact) mass is 187 g/mol. The van der Waals surface area contributed by atoms with Crippen LogP contribution in [-0.4, -0.2) is 0 Å². The molecule has 1 aromatic rings. The van der Waals surface area contributed by atoms with Gasteiger partial charge in [-0.05, 0) is 30.5 Å². The Morgan fingerprint density at radius 2 is 1.82 bits per heavy atom. The molecule has 2 heteroatoms. The summed E-state index contributed by atoms with van der Waals surface area (Å²) in [5, 5.41) is 0.781. The van der Waals surface area contributed by atoms with E-state index in [2.05, 4.69) is 0 Å². The Morgan fingerprint density at radius 1 is 1.18 bits per heavy atom. The summed E-state index contributed by atoms with van der Waals surface area (Å²) in [5.41, 5.74) is 1.27. The van der Waals surface area contributed by atoms with E-state index in [1.807, 2.05) is 24.3 Å². The molecule has 0 unspecified atom stereocenters. The Labute approximate surface area is 77.1 Å². The average molecular weight is 188 g/mol. The fraction of sp³-hybridized carbons (Fsp3) is 0.222. The number of benzene rings is 1. The van der Waals surface area contributed by atoms with Gasteiger partial charge in [0.05, 0.1) is 5.88 Å². The first kappa shape index (κ1) is 8.89. The molecule has 0 N–H and O–H groups in total. The van der Waals surface area contributed by atoms with E-state index in [9.17, 15) is 0 Å². The smallest absolute Gasteiger partial charge is 0.0503 e. The lowest BCUT2D eigenvalue weighted by Gasteiger charge is -1.97. The maximum Gasteiger partial charge on any atom is 0.0503 e. The highest BCUT2D eigenvalue weighted by atomic mass is 35.5. The highest BCUT2D eigenvalue weighted by Crippen LogP contribution is 2.11. The molecule has 0 amide bonds. The molecule has 0 nitrogen and oxygen atoms in total. The van der Waals surface area contributed by atoms with Crippen LogP contribution in [0.15, 0.2) is 24.3 Å². The second kappa shape index (κ2) is 4.63. The van der Waals surface area contributed by atoms with Gasteiger partial charge in [-0.2, -0.15) is 0 Å². The van der Waals surface area contributed by atoms with Gasteiger partial charge in [0.25, 0.3) is 0 Å². The summed E-state index contributed by atoms with van der Waals surface area (Å²) in [6, 6.07) is 7.82. The normalized spacial score (nSPS) is 10.0. The number of rotatable bonds is 3. The lowest BCUT2D eigenvalue weighted by atomic mass is 10.1. The van der Waals surface area contributed by atoms with E-state index in [0.29, 0.717) is 0 Å². The molecular weight excluding hydrogens is 179 g/mol. The summed E-state index contributed by atoms with van der Waals surface area (Å²) in [6.45, 7) is 0. The minimum absolute atomic E-state index is 0.781. The van der Waals surface area contributed by atoms with Crippen LogP contribution in [0.4, 0.5) is 0 Å². The first-order chi connectivity index (χ1) is 5.33. The summed E-state index contributed by atoms with van der Waals surface area (Å²) < 4.78 is 0. The molecule has 1 rings (SSSR count). The highest BCUT2D eigenvalue weighted by molar-refractivity contribution is 6.30. The van der Waals surface area contributed by atoms with Crippen LogP contribution in [0.5, 0.6) is 0 Å². The van der Waals surface area contributed by atoms with Crippen molar-refractivity contribution in [2.75, 3.05) is 0 Å². The van der Waals surface area contributed by atoms with Crippen molar-refractivity contribution in [2.45, 2.75) is 12.8 Å². The minimum Gasteiger partial charge on any atom is -0.121 e. The van der Waals surface area contributed by atoms with Crippen molar-refractivity contribution in [3.63, 3.8) is 0 Å². The summed E-state index contributed by atoms with van der Waals surface area (Å²) in [7, 11) is 0.